The van der Waals surface area contributed by atoms with Crippen molar-refractivity contribution in [3.8, 4) is 0 Å². The number of pyridine rings is 1. The van der Waals surface area contributed by atoms with Crippen LogP contribution in [0.5, 0.6) is 0 Å². The van der Waals surface area contributed by atoms with Crippen LogP contribution in [-0.2, 0) is 0 Å². The van der Waals surface area contributed by atoms with Gasteiger partial charge in [0.15, 0.2) is 0 Å². The molecule has 4 nitrogen and oxygen atoms in total. The SMILES string of the molecule is CCCN=C1CN=C(c2ccccn2)c2cc(F)c(C)cc2N1. The smallest absolute Gasteiger partial charge is 0.126 e. The molecule has 0 aliphatic carbocycles. The van der Waals surface area contributed by atoms with Gasteiger partial charge in [0.2, 0.25) is 0 Å². The molecule has 0 amide bonds. The van der Waals surface area contributed by atoms with Crippen LogP contribution in [-0.4, -0.2) is 29.6 Å². The Hall–Kier alpha value is -2.56. The Bertz CT molecular complexity index is 766. The number of aliphatic imine (C=N–C) groups is 2. The standard InChI is InChI=1S/C18H19FN4/c1-3-7-21-17-11-22-18(15-6-4-5-8-20-15)13-10-14(19)12(2)9-16(13)23-17/h4-6,8-10H,3,7,11H2,1-2H3,(H,21,23). The molecule has 2 aromatic rings. The fourth-order valence-corrected chi connectivity index (χ4v) is 2.47. The second-order valence-electron chi connectivity index (χ2n) is 5.48. The average molecular weight is 310 g/mol. The van der Waals surface area contributed by atoms with Crippen LogP contribution in [0, 0.1) is 12.7 Å². The number of anilines is 1. The van der Waals surface area contributed by atoms with E-state index in [4.69, 9.17) is 0 Å². The first-order chi connectivity index (χ1) is 11.2. The predicted molar refractivity (Wildman–Crippen MR) is 92.1 cm³/mol. The van der Waals surface area contributed by atoms with Crippen LogP contribution in [0.25, 0.3) is 0 Å². The molecule has 1 N–H and O–H groups in total. The number of benzodiazepines with no additional fused rings is 1. The van der Waals surface area contributed by atoms with Gasteiger partial charge in [-0.3, -0.25) is 15.0 Å². The molecule has 1 aliphatic heterocycles. The summed E-state index contributed by atoms with van der Waals surface area (Å²) in [6.45, 7) is 5.01. The maximum atomic E-state index is 14.1. The molecule has 0 spiro atoms. The van der Waals surface area contributed by atoms with E-state index >= 15 is 0 Å². The Labute approximate surface area is 135 Å². The highest BCUT2D eigenvalue weighted by Gasteiger charge is 2.19. The van der Waals surface area contributed by atoms with E-state index in [1.165, 1.54) is 6.07 Å². The molecule has 0 atom stereocenters. The first kappa shape index (κ1) is 15.3. The zero-order valence-electron chi connectivity index (χ0n) is 13.3. The number of benzene rings is 1. The summed E-state index contributed by atoms with van der Waals surface area (Å²) >= 11 is 0. The van der Waals surface area contributed by atoms with E-state index in [1.807, 2.05) is 18.2 Å². The van der Waals surface area contributed by atoms with Crippen molar-refractivity contribution in [3.05, 3.63) is 59.2 Å². The van der Waals surface area contributed by atoms with Crippen LogP contribution in [0.1, 0.15) is 30.2 Å². The van der Waals surface area contributed by atoms with Gasteiger partial charge in [0.05, 0.1) is 18.0 Å². The van der Waals surface area contributed by atoms with Crippen molar-refractivity contribution < 1.29 is 4.39 Å². The van der Waals surface area contributed by atoms with Gasteiger partial charge in [-0.05, 0) is 43.2 Å². The fourth-order valence-electron chi connectivity index (χ4n) is 2.47. The lowest BCUT2D eigenvalue weighted by molar-refractivity contribution is 0.618. The van der Waals surface area contributed by atoms with Crippen LogP contribution >= 0.6 is 0 Å². The van der Waals surface area contributed by atoms with Gasteiger partial charge in [0.25, 0.3) is 0 Å². The Morgan fingerprint density at radius 1 is 1.30 bits per heavy atom. The Morgan fingerprint density at radius 3 is 2.91 bits per heavy atom. The van der Waals surface area contributed by atoms with Crippen LogP contribution in [0.2, 0.25) is 0 Å². The van der Waals surface area contributed by atoms with E-state index in [-0.39, 0.29) is 5.82 Å². The monoisotopic (exact) mass is 310 g/mol. The van der Waals surface area contributed by atoms with E-state index in [0.717, 1.165) is 30.2 Å². The molecule has 0 fully saturated rings. The highest BCUT2D eigenvalue weighted by molar-refractivity contribution is 6.18. The van der Waals surface area contributed by atoms with Crippen molar-refractivity contribution in [1.29, 1.82) is 0 Å². The van der Waals surface area contributed by atoms with Crippen molar-refractivity contribution in [3.63, 3.8) is 0 Å². The Kier molecular flexibility index (Phi) is 4.46. The molecule has 1 aromatic heterocycles. The predicted octanol–water partition coefficient (Wildman–Crippen LogP) is 3.60. The third kappa shape index (κ3) is 3.28. The number of fused-ring (bicyclic) bond motifs is 1. The molecular weight excluding hydrogens is 291 g/mol. The lowest BCUT2D eigenvalue weighted by Gasteiger charge is -2.12. The van der Waals surface area contributed by atoms with Gasteiger partial charge >= 0.3 is 0 Å². The number of nitrogens with one attached hydrogen (secondary N) is 1. The van der Waals surface area contributed by atoms with Crippen LogP contribution < -0.4 is 5.32 Å². The maximum Gasteiger partial charge on any atom is 0.126 e. The summed E-state index contributed by atoms with van der Waals surface area (Å²) in [6, 6.07) is 8.96. The summed E-state index contributed by atoms with van der Waals surface area (Å²) in [7, 11) is 0. The van der Waals surface area contributed by atoms with E-state index < -0.39 is 0 Å². The summed E-state index contributed by atoms with van der Waals surface area (Å²) in [4.78, 5) is 13.5. The first-order valence-corrected chi connectivity index (χ1v) is 7.75. The lowest BCUT2D eigenvalue weighted by Crippen LogP contribution is -2.15. The first-order valence-electron chi connectivity index (χ1n) is 7.75. The Morgan fingerprint density at radius 2 is 2.17 bits per heavy atom. The van der Waals surface area contributed by atoms with Crippen molar-refractivity contribution in [2.24, 2.45) is 9.98 Å². The van der Waals surface area contributed by atoms with Crippen molar-refractivity contribution in [2.75, 3.05) is 18.4 Å². The molecular formula is C18H19FN4. The summed E-state index contributed by atoms with van der Waals surface area (Å²) in [5.41, 5.74) is 3.55. The van der Waals surface area contributed by atoms with Gasteiger partial charge in [-0.1, -0.05) is 13.0 Å². The summed E-state index contributed by atoms with van der Waals surface area (Å²) in [6.07, 6.45) is 2.68. The molecule has 2 heterocycles. The average Bonchev–Trinajstić information content (AvgIpc) is 2.73. The molecule has 3 rings (SSSR count). The maximum absolute atomic E-state index is 14.1. The number of aryl methyl sites for hydroxylation is 1. The van der Waals surface area contributed by atoms with Gasteiger partial charge in [-0.2, -0.15) is 0 Å². The van der Waals surface area contributed by atoms with Gasteiger partial charge in [-0.25, -0.2) is 4.39 Å². The molecule has 23 heavy (non-hydrogen) atoms. The molecule has 5 heteroatoms. The number of hydrogen-bond donors (Lipinski definition) is 1. The normalized spacial score (nSPS) is 15.6. The highest BCUT2D eigenvalue weighted by atomic mass is 19.1. The van der Waals surface area contributed by atoms with Crippen molar-refractivity contribution >= 4 is 17.2 Å². The van der Waals surface area contributed by atoms with E-state index in [2.05, 4.69) is 27.2 Å². The minimum Gasteiger partial charge on any atom is -0.342 e. The topological polar surface area (TPSA) is 49.6 Å². The van der Waals surface area contributed by atoms with Gasteiger partial charge in [0.1, 0.15) is 11.7 Å². The van der Waals surface area contributed by atoms with E-state index in [0.29, 0.717) is 23.4 Å². The number of amidine groups is 1. The zero-order valence-corrected chi connectivity index (χ0v) is 13.3. The summed E-state index contributed by atoms with van der Waals surface area (Å²) in [5.74, 6) is 0.549. The minimum atomic E-state index is -0.247. The Balaban J connectivity index is 2.13. The number of nitrogens with zero attached hydrogens (tertiary/aromatic N) is 3. The number of aromatic nitrogens is 1. The van der Waals surface area contributed by atoms with Crippen LogP contribution in [0.3, 0.4) is 0 Å². The third-order valence-corrected chi connectivity index (χ3v) is 3.65. The summed E-state index contributed by atoms with van der Waals surface area (Å²) in [5, 5.41) is 3.30. The second kappa shape index (κ2) is 6.69. The molecule has 0 unspecified atom stereocenters. The molecule has 0 radical (unpaired) electrons. The molecule has 1 aliphatic rings. The molecule has 0 saturated carbocycles. The number of rotatable bonds is 3. The lowest BCUT2D eigenvalue weighted by atomic mass is 10.0. The van der Waals surface area contributed by atoms with Gasteiger partial charge in [-0.15, -0.1) is 0 Å². The highest BCUT2D eigenvalue weighted by Crippen LogP contribution is 2.25. The molecule has 118 valence electrons. The number of hydrogen-bond acceptors (Lipinski definition) is 3. The summed E-state index contributed by atoms with van der Waals surface area (Å²) < 4.78 is 14.1. The second-order valence-corrected chi connectivity index (χ2v) is 5.48. The fraction of sp³-hybridized carbons (Fsp3) is 0.278. The van der Waals surface area contributed by atoms with E-state index in [1.54, 1.807) is 19.2 Å². The zero-order chi connectivity index (χ0) is 16.2. The van der Waals surface area contributed by atoms with Crippen LogP contribution in [0.15, 0.2) is 46.5 Å². The quantitative estimate of drug-likeness (QED) is 0.941. The van der Waals surface area contributed by atoms with Gasteiger partial charge in [0, 0.05) is 24.0 Å². The molecule has 0 saturated heterocycles. The molecule has 0 bridgehead atoms. The van der Waals surface area contributed by atoms with Gasteiger partial charge < -0.3 is 5.32 Å². The van der Waals surface area contributed by atoms with Crippen LogP contribution in [0.4, 0.5) is 10.1 Å². The van der Waals surface area contributed by atoms with Crippen molar-refractivity contribution in [1.82, 2.24) is 4.98 Å². The van der Waals surface area contributed by atoms with E-state index in [9.17, 15) is 4.39 Å². The molecule has 1 aromatic carbocycles. The minimum absolute atomic E-state index is 0.247. The van der Waals surface area contributed by atoms with Crippen molar-refractivity contribution in [2.45, 2.75) is 20.3 Å². The third-order valence-electron chi connectivity index (χ3n) is 3.65. The number of halogens is 1. The largest absolute Gasteiger partial charge is 0.342 e.